The van der Waals surface area contributed by atoms with Crippen LogP contribution in [0, 0.1) is 16.0 Å². The van der Waals surface area contributed by atoms with Crippen molar-refractivity contribution in [2.75, 3.05) is 13.1 Å². The fraction of sp³-hybridized carbons (Fsp3) is 0.500. The topological polar surface area (TPSA) is 93.5 Å². The van der Waals surface area contributed by atoms with E-state index in [1.54, 1.807) is 6.08 Å². The highest BCUT2D eigenvalue weighted by molar-refractivity contribution is 5.40. The fourth-order valence-corrected chi connectivity index (χ4v) is 3.27. The summed E-state index contributed by atoms with van der Waals surface area (Å²) in [6, 6.07) is 7.45. The van der Waals surface area contributed by atoms with E-state index in [2.05, 4.69) is 10.3 Å². The van der Waals surface area contributed by atoms with Crippen LogP contribution >= 0.6 is 0 Å². The molecule has 2 unspecified atom stereocenters. The second kappa shape index (κ2) is 4.96. The maximum Gasteiger partial charge on any atom is 0.278 e. The zero-order chi connectivity index (χ0) is 14.2. The van der Waals surface area contributed by atoms with E-state index >= 15 is 0 Å². The van der Waals surface area contributed by atoms with E-state index in [4.69, 9.17) is 5.73 Å². The van der Waals surface area contributed by atoms with Gasteiger partial charge in [0, 0.05) is 22.1 Å². The third kappa shape index (κ3) is 1.92. The Hall–Kier alpha value is -1.79. The van der Waals surface area contributed by atoms with Gasteiger partial charge in [0.25, 0.3) is 5.54 Å². The molecule has 0 saturated carbocycles. The number of hydrogen-bond donors (Lipinski definition) is 2. The van der Waals surface area contributed by atoms with Crippen molar-refractivity contribution in [3.05, 3.63) is 45.0 Å². The van der Waals surface area contributed by atoms with Gasteiger partial charge in [-0.15, -0.1) is 0 Å². The fourth-order valence-electron chi connectivity index (χ4n) is 3.27. The molecule has 1 fully saturated rings. The molecule has 20 heavy (non-hydrogen) atoms. The molecule has 1 saturated heterocycles. The molecule has 1 aromatic rings. The highest BCUT2D eigenvalue weighted by Crippen LogP contribution is 2.34. The maximum absolute atomic E-state index is 11.8. The van der Waals surface area contributed by atoms with Gasteiger partial charge in [-0.05, 0) is 32.0 Å². The van der Waals surface area contributed by atoms with Crippen molar-refractivity contribution in [1.82, 2.24) is 5.32 Å². The third-order valence-corrected chi connectivity index (χ3v) is 4.38. The number of piperidine rings is 1. The first kappa shape index (κ1) is 13.2. The molecule has 106 valence electrons. The largest absolute Gasteiger partial charge is 0.317 e. The first-order chi connectivity index (χ1) is 9.64. The lowest BCUT2D eigenvalue weighted by Gasteiger charge is -2.36. The molecule has 0 spiro atoms. The van der Waals surface area contributed by atoms with E-state index in [-0.39, 0.29) is 10.8 Å². The van der Waals surface area contributed by atoms with E-state index in [1.807, 2.05) is 24.3 Å². The van der Waals surface area contributed by atoms with E-state index in [1.165, 1.54) is 0 Å². The molecular formula is C14H18N4O2. The summed E-state index contributed by atoms with van der Waals surface area (Å²) in [6.07, 6.45) is 2.41. The monoisotopic (exact) mass is 274 g/mol. The van der Waals surface area contributed by atoms with Crippen molar-refractivity contribution in [2.45, 2.75) is 24.5 Å². The molecule has 2 heterocycles. The zero-order valence-corrected chi connectivity index (χ0v) is 11.2. The minimum Gasteiger partial charge on any atom is -0.317 e. The van der Waals surface area contributed by atoms with Gasteiger partial charge in [0.2, 0.25) is 0 Å². The standard InChI is InChI=1S/C14H18N4O2/c15-13-14(18(19)20,11-5-7-16-8-6-11)9-10-3-1-2-4-12(10)17-13/h1-4,9,11,13,16H,5-8,15H2. The van der Waals surface area contributed by atoms with Gasteiger partial charge in [-0.2, -0.15) is 0 Å². The Labute approximate surface area is 116 Å². The van der Waals surface area contributed by atoms with Crippen LogP contribution in [-0.2, 0) is 0 Å². The summed E-state index contributed by atoms with van der Waals surface area (Å²) in [5.41, 5.74) is 4.82. The van der Waals surface area contributed by atoms with Gasteiger partial charge in [0.15, 0.2) is 6.17 Å². The zero-order valence-electron chi connectivity index (χ0n) is 11.2. The van der Waals surface area contributed by atoms with E-state index in [0.29, 0.717) is 0 Å². The highest BCUT2D eigenvalue weighted by atomic mass is 16.6. The average Bonchev–Trinajstić information content (AvgIpc) is 2.47. The number of nitrogens with zero attached hydrogens (tertiary/aromatic N) is 2. The molecular weight excluding hydrogens is 256 g/mol. The lowest BCUT2D eigenvalue weighted by atomic mass is 9.75. The van der Waals surface area contributed by atoms with Crippen LogP contribution in [0.1, 0.15) is 12.8 Å². The average molecular weight is 274 g/mol. The van der Waals surface area contributed by atoms with Crippen LogP contribution in [0.5, 0.6) is 0 Å². The van der Waals surface area contributed by atoms with Crippen LogP contribution < -0.4 is 21.6 Å². The Kier molecular flexibility index (Phi) is 3.27. The number of fused-ring (bicyclic) bond motifs is 1. The van der Waals surface area contributed by atoms with E-state index < -0.39 is 11.7 Å². The van der Waals surface area contributed by atoms with Crippen molar-refractivity contribution in [3.8, 4) is 0 Å². The molecule has 0 aliphatic carbocycles. The normalized spacial score (nSPS) is 29.9. The van der Waals surface area contributed by atoms with Gasteiger partial charge in [0.05, 0.1) is 5.36 Å². The van der Waals surface area contributed by atoms with Gasteiger partial charge < -0.3 is 11.1 Å². The van der Waals surface area contributed by atoms with Crippen LogP contribution in [0.3, 0.4) is 0 Å². The predicted molar refractivity (Wildman–Crippen MR) is 75.0 cm³/mol. The summed E-state index contributed by atoms with van der Waals surface area (Å²) in [5.74, 6) is -0.0779. The summed E-state index contributed by atoms with van der Waals surface area (Å²) >= 11 is 0. The number of rotatable bonds is 2. The molecule has 2 aliphatic heterocycles. The number of nitrogens with two attached hydrogens (primary N) is 1. The molecule has 6 nitrogen and oxygen atoms in total. The summed E-state index contributed by atoms with van der Waals surface area (Å²) in [5, 5.41) is 16.6. The minimum atomic E-state index is -1.28. The van der Waals surface area contributed by atoms with Gasteiger partial charge in [-0.25, -0.2) is 0 Å². The van der Waals surface area contributed by atoms with Gasteiger partial charge >= 0.3 is 0 Å². The summed E-state index contributed by atoms with van der Waals surface area (Å²) in [6.45, 7) is 1.59. The molecule has 6 heteroatoms. The van der Waals surface area contributed by atoms with Crippen LogP contribution in [0.25, 0.3) is 6.08 Å². The van der Waals surface area contributed by atoms with Crippen LogP contribution in [0.2, 0.25) is 0 Å². The van der Waals surface area contributed by atoms with Crippen molar-refractivity contribution in [3.63, 3.8) is 0 Å². The Morgan fingerprint density at radius 3 is 2.75 bits per heavy atom. The Morgan fingerprint density at radius 1 is 1.35 bits per heavy atom. The van der Waals surface area contributed by atoms with Crippen molar-refractivity contribution in [2.24, 2.45) is 16.6 Å². The maximum atomic E-state index is 11.8. The first-order valence-corrected chi connectivity index (χ1v) is 6.91. The molecule has 0 aromatic heterocycles. The molecule has 3 rings (SSSR count). The predicted octanol–water partition coefficient (Wildman–Crippen LogP) is -0.600. The Balaban J connectivity index is 2.16. The second-order valence-corrected chi connectivity index (χ2v) is 5.45. The summed E-state index contributed by atoms with van der Waals surface area (Å²) in [4.78, 5) is 16.0. The highest BCUT2D eigenvalue weighted by Gasteiger charge is 2.54. The molecule has 0 bridgehead atoms. The molecule has 2 atom stereocenters. The summed E-state index contributed by atoms with van der Waals surface area (Å²) in [7, 11) is 0. The van der Waals surface area contributed by atoms with Crippen LogP contribution in [-0.4, -0.2) is 29.7 Å². The van der Waals surface area contributed by atoms with E-state index in [9.17, 15) is 10.1 Å². The van der Waals surface area contributed by atoms with Gasteiger partial charge in [-0.1, -0.05) is 18.2 Å². The molecule has 0 radical (unpaired) electrons. The molecule has 3 N–H and O–H groups in total. The van der Waals surface area contributed by atoms with Crippen molar-refractivity contribution in [1.29, 1.82) is 0 Å². The molecule has 1 aromatic carbocycles. The third-order valence-electron chi connectivity index (χ3n) is 4.38. The number of para-hydroxylation sites is 1. The number of nitro groups is 1. The lowest BCUT2D eigenvalue weighted by Crippen LogP contribution is -2.62. The van der Waals surface area contributed by atoms with Crippen LogP contribution in [0.4, 0.5) is 0 Å². The van der Waals surface area contributed by atoms with Crippen molar-refractivity contribution < 1.29 is 4.92 Å². The molecule has 2 aliphatic rings. The molecule has 0 amide bonds. The quantitative estimate of drug-likeness (QED) is 0.556. The van der Waals surface area contributed by atoms with E-state index in [0.717, 1.165) is 36.5 Å². The summed E-state index contributed by atoms with van der Waals surface area (Å²) < 4.78 is 0. The van der Waals surface area contributed by atoms with Crippen molar-refractivity contribution >= 4 is 6.08 Å². The SMILES string of the molecule is NC1N=c2ccccc2=CC1(C1CCNCC1)[N+](=O)[O-]. The number of benzene rings is 1. The Morgan fingerprint density at radius 2 is 2.05 bits per heavy atom. The minimum absolute atomic E-state index is 0.0779. The van der Waals surface area contributed by atoms with Gasteiger partial charge in [-0.3, -0.25) is 15.1 Å². The van der Waals surface area contributed by atoms with Gasteiger partial charge in [0.1, 0.15) is 0 Å². The number of hydrogen-bond acceptors (Lipinski definition) is 5. The second-order valence-electron chi connectivity index (χ2n) is 5.45. The van der Waals surface area contributed by atoms with Crippen LogP contribution in [0.15, 0.2) is 29.3 Å². The Bertz CT molecular complexity index is 639. The first-order valence-electron chi connectivity index (χ1n) is 6.91. The lowest BCUT2D eigenvalue weighted by molar-refractivity contribution is -0.564. The smallest absolute Gasteiger partial charge is 0.278 e. The number of nitrogens with one attached hydrogen (secondary N) is 1.